The van der Waals surface area contributed by atoms with E-state index in [1.165, 1.54) is 12.6 Å². The number of nitrogens with zero attached hydrogens (tertiary/aromatic N) is 4. The summed E-state index contributed by atoms with van der Waals surface area (Å²) in [5.74, 6) is 1.05. The first-order valence-corrected chi connectivity index (χ1v) is 13.0. The summed E-state index contributed by atoms with van der Waals surface area (Å²) in [6, 6.07) is 10.7. The molecule has 2 N–H and O–H groups in total. The predicted octanol–water partition coefficient (Wildman–Crippen LogP) is 6.71. The van der Waals surface area contributed by atoms with Gasteiger partial charge in [-0.05, 0) is 50.2 Å². The minimum absolute atomic E-state index is 0.0316. The van der Waals surface area contributed by atoms with Crippen molar-refractivity contribution in [2.45, 2.75) is 19.0 Å². The van der Waals surface area contributed by atoms with E-state index in [1.54, 1.807) is 36.4 Å². The van der Waals surface area contributed by atoms with Gasteiger partial charge in [-0.25, -0.2) is 4.79 Å². The number of amides is 2. The zero-order chi connectivity index (χ0) is 28.8. The number of pyridine rings is 1. The lowest BCUT2D eigenvalue weighted by molar-refractivity contribution is -0.137. The molecule has 0 radical (unpaired) electrons. The average Bonchev–Trinajstić information content (AvgIpc) is 3.65. The molecule has 1 saturated heterocycles. The summed E-state index contributed by atoms with van der Waals surface area (Å²) in [6.45, 7) is 2.70. The van der Waals surface area contributed by atoms with Crippen molar-refractivity contribution in [3.05, 3.63) is 71.7 Å². The van der Waals surface area contributed by atoms with Gasteiger partial charge in [0.2, 0.25) is 6.39 Å². The summed E-state index contributed by atoms with van der Waals surface area (Å²) in [6.07, 6.45) is 0.156. The maximum atomic E-state index is 13.5. The monoisotopic (exact) mass is 588 g/mol. The van der Waals surface area contributed by atoms with Crippen LogP contribution in [0.4, 0.5) is 29.3 Å². The van der Waals surface area contributed by atoms with Gasteiger partial charge in [0.25, 0.3) is 5.89 Å². The number of urea groups is 1. The number of anilines is 2. The van der Waals surface area contributed by atoms with Crippen molar-refractivity contribution < 1.29 is 31.9 Å². The van der Waals surface area contributed by atoms with Crippen molar-refractivity contribution in [3.8, 4) is 28.8 Å². The van der Waals surface area contributed by atoms with E-state index in [0.717, 1.165) is 38.1 Å². The molecule has 214 valence electrons. The van der Waals surface area contributed by atoms with Crippen LogP contribution in [0.3, 0.4) is 0 Å². The first kappa shape index (κ1) is 28.2. The Balaban J connectivity index is 1.27. The molecule has 0 bridgehead atoms. The highest BCUT2D eigenvalue weighted by atomic mass is 35.5. The minimum atomic E-state index is -4.72. The molecule has 2 aromatic carbocycles. The van der Waals surface area contributed by atoms with Crippen LogP contribution in [0.2, 0.25) is 5.02 Å². The lowest BCUT2D eigenvalue weighted by Gasteiger charge is -2.19. The molecule has 2 aromatic heterocycles. The van der Waals surface area contributed by atoms with Gasteiger partial charge in [-0.15, -0.1) is 10.2 Å². The van der Waals surface area contributed by atoms with Gasteiger partial charge in [0.1, 0.15) is 29.5 Å². The zero-order valence-corrected chi connectivity index (χ0v) is 22.2. The van der Waals surface area contributed by atoms with Crippen LogP contribution in [0, 0.1) is 0 Å². The number of rotatable bonds is 9. The zero-order valence-electron chi connectivity index (χ0n) is 21.4. The van der Waals surface area contributed by atoms with Crippen LogP contribution >= 0.6 is 11.6 Å². The number of nitrogens with one attached hydrogen (secondary N) is 2. The second-order valence-corrected chi connectivity index (χ2v) is 9.46. The summed E-state index contributed by atoms with van der Waals surface area (Å²) in [7, 11) is 0. The number of alkyl halides is 3. The molecule has 0 aliphatic carbocycles. The Morgan fingerprint density at radius 1 is 1.07 bits per heavy atom. The molecule has 5 rings (SSSR count). The van der Waals surface area contributed by atoms with Gasteiger partial charge in [0, 0.05) is 36.6 Å². The van der Waals surface area contributed by atoms with Crippen molar-refractivity contribution in [3.63, 3.8) is 0 Å². The van der Waals surface area contributed by atoms with Gasteiger partial charge in [-0.3, -0.25) is 9.88 Å². The Morgan fingerprint density at radius 2 is 1.88 bits per heavy atom. The smallest absolute Gasteiger partial charge is 0.417 e. The fraction of sp³-hybridized carbons (Fsp3) is 0.259. The van der Waals surface area contributed by atoms with Crippen molar-refractivity contribution in [2.24, 2.45) is 0 Å². The third kappa shape index (κ3) is 7.44. The second-order valence-electron chi connectivity index (χ2n) is 9.05. The lowest BCUT2D eigenvalue weighted by atomic mass is 10.1. The van der Waals surface area contributed by atoms with Crippen LogP contribution in [-0.2, 0) is 6.18 Å². The molecule has 2 amide bonds. The molecular weight excluding hydrogens is 565 g/mol. The summed E-state index contributed by atoms with van der Waals surface area (Å²) < 4.78 is 57.4. The van der Waals surface area contributed by atoms with Crippen LogP contribution in [0.25, 0.3) is 11.6 Å². The topological polar surface area (TPSA) is 115 Å². The molecule has 10 nitrogen and oxygen atoms in total. The van der Waals surface area contributed by atoms with Gasteiger partial charge >= 0.3 is 12.2 Å². The highest BCUT2D eigenvalue weighted by Crippen LogP contribution is 2.40. The fourth-order valence-electron chi connectivity index (χ4n) is 4.21. The number of ether oxygens (including phenoxy) is 2. The molecule has 0 atom stereocenters. The quantitative estimate of drug-likeness (QED) is 0.222. The number of halogens is 4. The Bertz CT molecular complexity index is 1500. The van der Waals surface area contributed by atoms with Crippen LogP contribution in [-0.4, -0.2) is 52.4 Å². The molecule has 14 heteroatoms. The molecule has 1 aliphatic heterocycles. The molecule has 0 unspecified atom stereocenters. The standard InChI is InChI=1S/C27H24ClF3N6O4/c28-21-15-24(39-11-10-37-8-1-2-9-37)22(14-20(21)27(29,30)31)35-26(38)34-17-4-3-5-18(12-17)41-19-6-7-32-23(13-19)25-36-33-16-40-25/h3-7,12-16H,1-2,8-11H2,(H2,34,35,38). The van der Waals surface area contributed by atoms with Gasteiger partial charge in [-0.1, -0.05) is 17.7 Å². The van der Waals surface area contributed by atoms with Crippen LogP contribution < -0.4 is 20.1 Å². The maximum absolute atomic E-state index is 13.5. The summed E-state index contributed by atoms with van der Waals surface area (Å²) in [5.41, 5.74) is -0.520. The van der Waals surface area contributed by atoms with Crippen LogP contribution in [0.15, 0.2) is 65.5 Å². The lowest BCUT2D eigenvalue weighted by Crippen LogP contribution is -2.25. The molecule has 0 spiro atoms. The Labute approximate surface area is 237 Å². The fourth-order valence-corrected chi connectivity index (χ4v) is 4.48. The second kappa shape index (κ2) is 12.4. The van der Waals surface area contributed by atoms with Gasteiger partial charge < -0.3 is 24.5 Å². The Hall–Kier alpha value is -4.36. The van der Waals surface area contributed by atoms with E-state index in [1.807, 2.05) is 0 Å². The van der Waals surface area contributed by atoms with E-state index in [0.29, 0.717) is 29.4 Å². The van der Waals surface area contributed by atoms with Crippen molar-refractivity contribution >= 4 is 29.0 Å². The Kier molecular flexibility index (Phi) is 8.55. The predicted molar refractivity (Wildman–Crippen MR) is 144 cm³/mol. The maximum Gasteiger partial charge on any atom is 0.417 e. The number of hydrogen-bond donors (Lipinski definition) is 2. The Morgan fingerprint density at radius 3 is 2.63 bits per heavy atom. The molecule has 1 aliphatic rings. The molecular formula is C27H24ClF3N6O4. The molecule has 3 heterocycles. The van der Waals surface area contributed by atoms with E-state index in [9.17, 15) is 18.0 Å². The molecule has 41 heavy (non-hydrogen) atoms. The van der Waals surface area contributed by atoms with Crippen molar-refractivity contribution in [1.29, 1.82) is 0 Å². The van der Waals surface area contributed by atoms with Gasteiger partial charge in [-0.2, -0.15) is 13.2 Å². The number of carbonyl (C=O) groups is 1. The first-order valence-electron chi connectivity index (χ1n) is 12.6. The normalized spacial score (nSPS) is 13.7. The van der Waals surface area contributed by atoms with E-state index >= 15 is 0 Å². The van der Waals surface area contributed by atoms with E-state index in [4.69, 9.17) is 25.5 Å². The third-order valence-electron chi connectivity index (χ3n) is 6.12. The minimum Gasteiger partial charge on any atom is -0.490 e. The van der Waals surface area contributed by atoms with Crippen molar-refractivity contribution in [2.75, 3.05) is 36.9 Å². The van der Waals surface area contributed by atoms with Crippen LogP contribution in [0.1, 0.15) is 18.4 Å². The largest absolute Gasteiger partial charge is 0.490 e. The molecule has 1 fully saturated rings. The average molecular weight is 589 g/mol. The van der Waals surface area contributed by atoms with Crippen molar-refractivity contribution in [1.82, 2.24) is 20.1 Å². The summed E-state index contributed by atoms with van der Waals surface area (Å²) in [5, 5.41) is 12.0. The number of hydrogen-bond acceptors (Lipinski definition) is 8. The number of benzene rings is 2. The highest BCUT2D eigenvalue weighted by Gasteiger charge is 2.34. The van der Waals surface area contributed by atoms with Gasteiger partial charge in [0.05, 0.1) is 16.3 Å². The SMILES string of the molecule is O=C(Nc1cccc(Oc2ccnc(-c3nnco3)c2)c1)Nc1cc(C(F)(F)F)c(Cl)cc1OCCN1CCCC1. The third-order valence-corrected chi connectivity index (χ3v) is 6.44. The van der Waals surface area contributed by atoms with Crippen LogP contribution in [0.5, 0.6) is 17.2 Å². The highest BCUT2D eigenvalue weighted by molar-refractivity contribution is 6.31. The number of likely N-dealkylation sites (tertiary alicyclic amines) is 1. The first-order chi connectivity index (χ1) is 19.7. The number of aromatic nitrogens is 3. The summed E-state index contributed by atoms with van der Waals surface area (Å²) in [4.78, 5) is 19.2. The van der Waals surface area contributed by atoms with E-state index < -0.39 is 22.8 Å². The number of carbonyl (C=O) groups excluding carboxylic acids is 1. The van der Waals surface area contributed by atoms with E-state index in [-0.39, 0.29) is 23.9 Å². The molecule has 4 aromatic rings. The van der Waals surface area contributed by atoms with Gasteiger partial charge in [0.15, 0.2) is 0 Å². The molecule has 0 saturated carbocycles. The van der Waals surface area contributed by atoms with E-state index in [2.05, 4.69) is 30.7 Å². The summed E-state index contributed by atoms with van der Waals surface area (Å²) >= 11 is 5.91.